The molecule has 0 aliphatic heterocycles. The van der Waals surface area contributed by atoms with E-state index >= 15 is 0 Å². The molecule has 0 aromatic heterocycles. The quantitative estimate of drug-likeness (QED) is 0.292. The molecule has 2 heteroatoms. The van der Waals surface area contributed by atoms with Crippen molar-refractivity contribution in [1.82, 2.24) is 0 Å². The molecule has 1 nitrogen and oxygen atoms in total. The molecule has 1 aromatic rings. The van der Waals surface area contributed by atoms with Crippen molar-refractivity contribution < 1.29 is 9.13 Å². The van der Waals surface area contributed by atoms with Gasteiger partial charge in [0.15, 0.2) is 0 Å². The summed E-state index contributed by atoms with van der Waals surface area (Å²) in [6.45, 7) is 2.31. The van der Waals surface area contributed by atoms with E-state index in [9.17, 15) is 4.39 Å². The Morgan fingerprint density at radius 2 is 1.38 bits per heavy atom. The highest BCUT2D eigenvalue weighted by molar-refractivity contribution is 5.31. The smallest absolute Gasteiger partial charge is 0.130 e. The molecule has 4 atom stereocenters. The Labute approximate surface area is 209 Å². The number of fused-ring (bicyclic) bond motifs is 1. The number of methoxy groups -OCH3 is 1. The van der Waals surface area contributed by atoms with Crippen LogP contribution in [0.25, 0.3) is 0 Å². The fourth-order valence-electron chi connectivity index (χ4n) is 7.81. The molecule has 0 heterocycles. The van der Waals surface area contributed by atoms with Crippen LogP contribution in [-0.4, -0.2) is 7.11 Å². The number of ether oxygens (including phenoxy) is 1. The van der Waals surface area contributed by atoms with E-state index in [2.05, 4.69) is 6.92 Å². The summed E-state index contributed by atoms with van der Waals surface area (Å²) >= 11 is 0. The second-order valence-electron chi connectivity index (χ2n) is 12.3. The molecule has 3 saturated carbocycles. The average Bonchev–Trinajstić information content (AvgIpc) is 2.87. The van der Waals surface area contributed by atoms with Crippen molar-refractivity contribution in [2.75, 3.05) is 7.11 Å². The number of unbranched alkanes of at least 4 members (excludes halogenated alkanes) is 4. The van der Waals surface area contributed by atoms with Crippen LogP contribution in [-0.2, 0) is 0 Å². The van der Waals surface area contributed by atoms with Crippen LogP contribution in [0.1, 0.15) is 134 Å². The van der Waals surface area contributed by atoms with Crippen molar-refractivity contribution in [1.29, 1.82) is 0 Å². The number of halogens is 1. The summed E-state index contributed by atoms with van der Waals surface area (Å²) in [5.74, 6) is 5.72. The standard InChI is InChI=1S/C32H51FO/c1-3-4-5-6-7-8-24-9-11-25(12-10-24)13-14-26-15-16-28-22-29(18-17-27(28)21-26)31-20-19-30(34-2)23-32(31)33/h19-20,23-29H,3-18,21-22H2,1-2H3. The topological polar surface area (TPSA) is 9.23 Å². The fourth-order valence-corrected chi connectivity index (χ4v) is 7.81. The summed E-state index contributed by atoms with van der Waals surface area (Å²) < 4.78 is 19.8. The molecular formula is C32H51FO. The molecule has 0 spiro atoms. The van der Waals surface area contributed by atoms with Crippen molar-refractivity contribution in [2.45, 2.75) is 128 Å². The molecule has 0 radical (unpaired) electrons. The first-order chi connectivity index (χ1) is 16.7. The van der Waals surface area contributed by atoms with Gasteiger partial charge in [-0.25, -0.2) is 4.39 Å². The first-order valence-corrected chi connectivity index (χ1v) is 15.0. The normalized spacial score (nSPS) is 31.7. The SMILES string of the molecule is CCCCCCCC1CCC(CCC2CCC3CC(c4ccc(OC)cc4F)CCC3C2)CC1. The van der Waals surface area contributed by atoms with E-state index in [-0.39, 0.29) is 5.82 Å². The average molecular weight is 471 g/mol. The molecule has 4 unspecified atom stereocenters. The Kier molecular flexibility index (Phi) is 10.2. The summed E-state index contributed by atoms with van der Waals surface area (Å²) in [6, 6.07) is 5.48. The highest BCUT2D eigenvalue weighted by Crippen LogP contribution is 2.49. The zero-order valence-corrected chi connectivity index (χ0v) is 22.2. The van der Waals surface area contributed by atoms with Gasteiger partial charge in [0, 0.05) is 6.07 Å². The van der Waals surface area contributed by atoms with Gasteiger partial charge in [-0.1, -0.05) is 96.5 Å². The van der Waals surface area contributed by atoms with Gasteiger partial charge in [-0.05, 0) is 79.2 Å². The van der Waals surface area contributed by atoms with Crippen molar-refractivity contribution in [3.05, 3.63) is 29.6 Å². The van der Waals surface area contributed by atoms with Crippen molar-refractivity contribution >= 4 is 0 Å². The molecule has 1 aromatic carbocycles. The maximum atomic E-state index is 14.6. The van der Waals surface area contributed by atoms with Crippen LogP contribution in [0.4, 0.5) is 4.39 Å². The van der Waals surface area contributed by atoms with E-state index in [0.717, 1.165) is 35.2 Å². The minimum absolute atomic E-state index is 0.0669. The zero-order chi connectivity index (χ0) is 23.8. The predicted octanol–water partition coefficient (Wildman–Crippen LogP) is 10.1. The van der Waals surface area contributed by atoms with E-state index in [1.807, 2.05) is 12.1 Å². The van der Waals surface area contributed by atoms with Gasteiger partial charge >= 0.3 is 0 Å². The molecular weight excluding hydrogens is 419 g/mol. The van der Waals surface area contributed by atoms with Crippen molar-refractivity contribution in [3.8, 4) is 5.75 Å². The molecule has 0 saturated heterocycles. The molecule has 3 fully saturated rings. The van der Waals surface area contributed by atoms with Crippen LogP contribution in [0.15, 0.2) is 18.2 Å². The molecule has 0 N–H and O–H groups in total. The van der Waals surface area contributed by atoms with Crippen LogP contribution < -0.4 is 4.74 Å². The van der Waals surface area contributed by atoms with Gasteiger partial charge in [0.2, 0.25) is 0 Å². The van der Waals surface area contributed by atoms with Crippen LogP contribution in [0.5, 0.6) is 5.75 Å². The number of hydrogen-bond donors (Lipinski definition) is 0. The molecule has 3 aliphatic rings. The first kappa shape index (κ1) is 26.0. The number of hydrogen-bond acceptors (Lipinski definition) is 1. The Balaban J connectivity index is 1.13. The summed E-state index contributed by atoms with van der Waals surface area (Å²) in [6.07, 6.45) is 25.6. The van der Waals surface area contributed by atoms with Gasteiger partial charge in [-0.2, -0.15) is 0 Å². The van der Waals surface area contributed by atoms with Gasteiger partial charge in [0.25, 0.3) is 0 Å². The number of rotatable bonds is 11. The van der Waals surface area contributed by atoms with Crippen LogP contribution in [0.3, 0.4) is 0 Å². The van der Waals surface area contributed by atoms with E-state index < -0.39 is 0 Å². The predicted molar refractivity (Wildman–Crippen MR) is 142 cm³/mol. The lowest BCUT2D eigenvalue weighted by molar-refractivity contribution is 0.108. The highest BCUT2D eigenvalue weighted by atomic mass is 19.1. The Bertz CT molecular complexity index is 722. The van der Waals surface area contributed by atoms with E-state index in [1.54, 1.807) is 13.2 Å². The lowest BCUT2D eigenvalue weighted by Gasteiger charge is -2.43. The highest BCUT2D eigenvalue weighted by Gasteiger charge is 2.36. The summed E-state index contributed by atoms with van der Waals surface area (Å²) in [7, 11) is 1.61. The summed E-state index contributed by atoms with van der Waals surface area (Å²) in [4.78, 5) is 0. The second kappa shape index (κ2) is 13.3. The zero-order valence-electron chi connectivity index (χ0n) is 22.2. The molecule has 192 valence electrons. The minimum atomic E-state index is -0.0669. The van der Waals surface area contributed by atoms with E-state index in [0.29, 0.717) is 11.7 Å². The van der Waals surface area contributed by atoms with Gasteiger partial charge < -0.3 is 4.74 Å². The third-order valence-corrected chi connectivity index (χ3v) is 10.0. The molecule has 4 rings (SSSR count). The monoisotopic (exact) mass is 470 g/mol. The molecule has 0 bridgehead atoms. The maximum Gasteiger partial charge on any atom is 0.130 e. The lowest BCUT2D eigenvalue weighted by atomic mass is 9.63. The van der Waals surface area contributed by atoms with Crippen LogP contribution >= 0.6 is 0 Å². The van der Waals surface area contributed by atoms with Crippen LogP contribution in [0, 0.1) is 35.4 Å². The van der Waals surface area contributed by atoms with Gasteiger partial charge in [0.1, 0.15) is 11.6 Å². The van der Waals surface area contributed by atoms with Crippen LogP contribution in [0.2, 0.25) is 0 Å². The van der Waals surface area contributed by atoms with Gasteiger partial charge in [-0.15, -0.1) is 0 Å². The Morgan fingerprint density at radius 1 is 0.735 bits per heavy atom. The Hall–Kier alpha value is -1.05. The van der Waals surface area contributed by atoms with E-state index in [4.69, 9.17) is 4.74 Å². The van der Waals surface area contributed by atoms with Crippen molar-refractivity contribution in [2.24, 2.45) is 29.6 Å². The van der Waals surface area contributed by atoms with Gasteiger partial charge in [0.05, 0.1) is 7.11 Å². The summed E-state index contributed by atoms with van der Waals surface area (Å²) in [5, 5.41) is 0. The van der Waals surface area contributed by atoms with E-state index in [1.165, 1.54) is 116 Å². The second-order valence-corrected chi connectivity index (χ2v) is 12.3. The third kappa shape index (κ3) is 7.23. The van der Waals surface area contributed by atoms with Crippen molar-refractivity contribution in [3.63, 3.8) is 0 Å². The maximum absolute atomic E-state index is 14.6. The molecule has 0 amide bonds. The summed E-state index contributed by atoms with van der Waals surface area (Å²) in [5.41, 5.74) is 0.929. The number of benzene rings is 1. The largest absolute Gasteiger partial charge is 0.497 e. The Morgan fingerprint density at radius 3 is 2.12 bits per heavy atom. The third-order valence-electron chi connectivity index (χ3n) is 10.0. The van der Waals surface area contributed by atoms with Gasteiger partial charge in [-0.3, -0.25) is 0 Å². The fraction of sp³-hybridized carbons (Fsp3) is 0.812. The first-order valence-electron chi connectivity index (χ1n) is 15.0. The lowest BCUT2D eigenvalue weighted by Crippen LogP contribution is -2.31. The minimum Gasteiger partial charge on any atom is -0.497 e. The molecule has 34 heavy (non-hydrogen) atoms. The molecule has 3 aliphatic carbocycles.